The highest BCUT2D eigenvalue weighted by Crippen LogP contribution is 2.30. The second-order valence-electron chi connectivity index (χ2n) is 4.37. The monoisotopic (exact) mass is 292 g/mol. The third kappa shape index (κ3) is 3.65. The molecule has 2 rings (SSSR count). The summed E-state index contributed by atoms with van der Waals surface area (Å²) in [5.41, 5.74) is 0.682. The van der Waals surface area contributed by atoms with Crippen LogP contribution in [0, 0.1) is 0 Å². The molecule has 0 fully saturated rings. The van der Waals surface area contributed by atoms with Gasteiger partial charge in [-0.2, -0.15) is 0 Å². The van der Waals surface area contributed by atoms with Crippen LogP contribution in [0.3, 0.4) is 0 Å². The Labute approximate surface area is 123 Å². The first-order valence-corrected chi connectivity index (χ1v) is 6.86. The molecule has 0 bridgehead atoms. The van der Waals surface area contributed by atoms with E-state index < -0.39 is 6.10 Å². The van der Waals surface area contributed by atoms with Crippen molar-refractivity contribution in [1.29, 1.82) is 0 Å². The van der Waals surface area contributed by atoms with Gasteiger partial charge in [0, 0.05) is 6.07 Å². The lowest BCUT2D eigenvalue weighted by Gasteiger charge is -2.11. The van der Waals surface area contributed by atoms with Crippen LogP contribution in [0.15, 0.2) is 42.5 Å². The lowest BCUT2D eigenvalue weighted by Crippen LogP contribution is -1.94. The Balaban J connectivity index is 2.17. The van der Waals surface area contributed by atoms with Crippen LogP contribution in [0.4, 0.5) is 0 Å². The molecule has 2 aromatic rings. The number of hydrogen-bond donors (Lipinski definition) is 1. The van der Waals surface area contributed by atoms with Gasteiger partial charge in [0.05, 0.1) is 17.7 Å². The van der Waals surface area contributed by atoms with Crippen LogP contribution < -0.4 is 9.47 Å². The van der Waals surface area contributed by atoms with Crippen LogP contribution >= 0.6 is 11.6 Å². The van der Waals surface area contributed by atoms with E-state index in [9.17, 15) is 5.11 Å². The minimum atomic E-state index is -0.599. The predicted octanol–water partition coefficient (Wildman–Crippen LogP) is 4.58. The highest BCUT2D eigenvalue weighted by molar-refractivity contribution is 6.31. The molecule has 106 valence electrons. The standard InChI is InChI=1S/C16H17ClO3/c1-3-19-12-5-4-6-13(9-12)20-14-7-8-15(11(2)18)16(17)10-14/h4-11,18H,3H2,1-2H3. The minimum absolute atomic E-state index is 0.485. The molecule has 0 saturated carbocycles. The van der Waals surface area contributed by atoms with Gasteiger partial charge in [0.2, 0.25) is 0 Å². The summed E-state index contributed by atoms with van der Waals surface area (Å²) in [6, 6.07) is 12.6. The lowest BCUT2D eigenvalue weighted by atomic mass is 10.1. The van der Waals surface area contributed by atoms with Gasteiger partial charge in [-0.1, -0.05) is 23.7 Å². The van der Waals surface area contributed by atoms with E-state index in [-0.39, 0.29) is 0 Å². The van der Waals surface area contributed by atoms with E-state index >= 15 is 0 Å². The molecule has 20 heavy (non-hydrogen) atoms. The molecule has 3 nitrogen and oxygen atoms in total. The van der Waals surface area contributed by atoms with Gasteiger partial charge in [-0.15, -0.1) is 0 Å². The van der Waals surface area contributed by atoms with E-state index in [1.54, 1.807) is 25.1 Å². The molecule has 0 radical (unpaired) electrons. The second-order valence-corrected chi connectivity index (χ2v) is 4.78. The number of ether oxygens (including phenoxy) is 2. The Morgan fingerprint density at radius 3 is 2.45 bits per heavy atom. The van der Waals surface area contributed by atoms with Crippen molar-refractivity contribution < 1.29 is 14.6 Å². The summed E-state index contributed by atoms with van der Waals surface area (Å²) >= 11 is 6.11. The van der Waals surface area contributed by atoms with E-state index in [0.717, 1.165) is 5.75 Å². The normalized spacial score (nSPS) is 12.0. The van der Waals surface area contributed by atoms with Crippen molar-refractivity contribution in [3.63, 3.8) is 0 Å². The van der Waals surface area contributed by atoms with Gasteiger partial charge in [0.25, 0.3) is 0 Å². The zero-order valence-corrected chi connectivity index (χ0v) is 12.2. The predicted molar refractivity (Wildman–Crippen MR) is 79.8 cm³/mol. The van der Waals surface area contributed by atoms with E-state index in [1.807, 2.05) is 31.2 Å². The quantitative estimate of drug-likeness (QED) is 0.876. The molecule has 0 aliphatic carbocycles. The summed E-state index contributed by atoms with van der Waals surface area (Å²) in [4.78, 5) is 0. The van der Waals surface area contributed by atoms with E-state index in [0.29, 0.717) is 28.7 Å². The SMILES string of the molecule is CCOc1cccc(Oc2ccc(C(C)O)c(Cl)c2)c1. The molecule has 1 N–H and O–H groups in total. The van der Waals surface area contributed by atoms with Crippen molar-refractivity contribution in [3.05, 3.63) is 53.1 Å². The molecule has 1 unspecified atom stereocenters. The molecule has 0 aliphatic heterocycles. The highest BCUT2D eigenvalue weighted by Gasteiger charge is 2.08. The van der Waals surface area contributed by atoms with Crippen molar-refractivity contribution in [2.75, 3.05) is 6.61 Å². The van der Waals surface area contributed by atoms with Gasteiger partial charge >= 0.3 is 0 Å². The van der Waals surface area contributed by atoms with Crippen molar-refractivity contribution in [2.45, 2.75) is 20.0 Å². The van der Waals surface area contributed by atoms with Gasteiger partial charge in [-0.05, 0) is 43.7 Å². The number of rotatable bonds is 5. The van der Waals surface area contributed by atoms with Gasteiger partial charge in [-0.3, -0.25) is 0 Å². The lowest BCUT2D eigenvalue weighted by molar-refractivity contribution is 0.199. The van der Waals surface area contributed by atoms with Crippen molar-refractivity contribution in [3.8, 4) is 17.2 Å². The molecule has 4 heteroatoms. The van der Waals surface area contributed by atoms with Crippen LogP contribution in [0.5, 0.6) is 17.2 Å². The number of hydrogen-bond acceptors (Lipinski definition) is 3. The molecular weight excluding hydrogens is 276 g/mol. The van der Waals surface area contributed by atoms with E-state index in [1.165, 1.54) is 0 Å². The number of aliphatic hydroxyl groups is 1. The van der Waals surface area contributed by atoms with Gasteiger partial charge < -0.3 is 14.6 Å². The maximum atomic E-state index is 9.54. The molecule has 0 spiro atoms. The minimum Gasteiger partial charge on any atom is -0.494 e. The fourth-order valence-electron chi connectivity index (χ4n) is 1.84. The molecule has 2 aromatic carbocycles. The summed E-state index contributed by atoms with van der Waals surface area (Å²) in [7, 11) is 0. The molecule has 0 amide bonds. The molecule has 0 aliphatic rings. The fourth-order valence-corrected chi connectivity index (χ4v) is 2.17. The number of benzene rings is 2. The zero-order valence-electron chi connectivity index (χ0n) is 11.5. The smallest absolute Gasteiger partial charge is 0.131 e. The van der Waals surface area contributed by atoms with Crippen LogP contribution in [-0.2, 0) is 0 Å². The summed E-state index contributed by atoms with van der Waals surface area (Å²) in [6.45, 7) is 4.22. The topological polar surface area (TPSA) is 38.7 Å². The van der Waals surface area contributed by atoms with Crippen LogP contribution in [0.2, 0.25) is 5.02 Å². The van der Waals surface area contributed by atoms with Crippen LogP contribution in [0.1, 0.15) is 25.5 Å². The average Bonchev–Trinajstić information content (AvgIpc) is 2.39. The van der Waals surface area contributed by atoms with Gasteiger partial charge in [-0.25, -0.2) is 0 Å². The summed E-state index contributed by atoms with van der Waals surface area (Å²) < 4.78 is 11.2. The Bertz CT molecular complexity index is 582. The maximum Gasteiger partial charge on any atom is 0.131 e. The number of aliphatic hydroxyl groups excluding tert-OH is 1. The van der Waals surface area contributed by atoms with Crippen molar-refractivity contribution >= 4 is 11.6 Å². The molecule has 0 aromatic heterocycles. The molecule has 1 atom stereocenters. The Hall–Kier alpha value is -1.71. The first-order valence-electron chi connectivity index (χ1n) is 6.48. The highest BCUT2D eigenvalue weighted by atomic mass is 35.5. The summed E-state index contributed by atoms with van der Waals surface area (Å²) in [5, 5.41) is 10.0. The molecular formula is C16H17ClO3. The maximum absolute atomic E-state index is 9.54. The molecule has 0 saturated heterocycles. The Morgan fingerprint density at radius 2 is 1.80 bits per heavy atom. The first kappa shape index (κ1) is 14.7. The second kappa shape index (κ2) is 6.64. The number of halogens is 1. The van der Waals surface area contributed by atoms with E-state index in [2.05, 4.69) is 0 Å². The fraction of sp³-hybridized carbons (Fsp3) is 0.250. The van der Waals surface area contributed by atoms with Crippen LogP contribution in [-0.4, -0.2) is 11.7 Å². The third-order valence-electron chi connectivity index (χ3n) is 2.77. The zero-order chi connectivity index (χ0) is 14.5. The Morgan fingerprint density at radius 1 is 1.10 bits per heavy atom. The van der Waals surface area contributed by atoms with E-state index in [4.69, 9.17) is 21.1 Å². The van der Waals surface area contributed by atoms with Gasteiger partial charge in [0.15, 0.2) is 0 Å². The molecule has 0 heterocycles. The van der Waals surface area contributed by atoms with Crippen molar-refractivity contribution in [1.82, 2.24) is 0 Å². The Kier molecular flexibility index (Phi) is 4.88. The van der Waals surface area contributed by atoms with Crippen LogP contribution in [0.25, 0.3) is 0 Å². The third-order valence-corrected chi connectivity index (χ3v) is 3.10. The van der Waals surface area contributed by atoms with Gasteiger partial charge in [0.1, 0.15) is 17.2 Å². The summed E-state index contributed by atoms with van der Waals surface area (Å²) in [5.74, 6) is 2.06. The largest absolute Gasteiger partial charge is 0.494 e. The van der Waals surface area contributed by atoms with Crippen molar-refractivity contribution in [2.24, 2.45) is 0 Å². The first-order chi connectivity index (χ1) is 9.60. The average molecular weight is 293 g/mol. The summed E-state index contributed by atoms with van der Waals surface area (Å²) in [6.07, 6.45) is -0.599.